The normalized spacial score (nSPS) is 30.4. The first-order valence-electron chi connectivity index (χ1n) is 2.96. The Morgan fingerprint density at radius 3 is 2.60 bits per heavy atom. The predicted molar refractivity (Wildman–Crippen MR) is 36.2 cm³/mol. The van der Waals surface area contributed by atoms with Gasteiger partial charge in [-0.05, 0) is 19.4 Å². The molecule has 0 aliphatic carbocycles. The number of nitrogens with two attached hydrogens (primary N) is 1. The van der Waals surface area contributed by atoms with Crippen LogP contribution in [0.25, 0.3) is 0 Å². The molecule has 0 radical (unpaired) electrons. The quantitative estimate of drug-likeness (QED) is 0.567. The van der Waals surface area contributed by atoms with Crippen molar-refractivity contribution in [1.29, 1.82) is 0 Å². The maximum Gasteiger partial charge on any atom is 0.251 e. The molecule has 1 aliphatic heterocycles. The van der Waals surface area contributed by atoms with Crippen LogP contribution < -0.4 is 5.73 Å². The van der Waals surface area contributed by atoms with E-state index in [1.54, 1.807) is 20.0 Å². The van der Waals surface area contributed by atoms with E-state index in [1.165, 1.54) is 0 Å². The topological polar surface area (TPSA) is 67.8 Å². The molecular formula is C6H9N3O. The number of azo groups is 1. The highest BCUT2D eigenvalue weighted by atomic mass is 16.1. The summed E-state index contributed by atoms with van der Waals surface area (Å²) in [6, 6.07) is 0. The van der Waals surface area contributed by atoms with Gasteiger partial charge in [0.15, 0.2) is 5.54 Å². The maximum absolute atomic E-state index is 10.8. The highest BCUT2D eigenvalue weighted by Crippen LogP contribution is 2.25. The molecule has 1 amide bonds. The first-order chi connectivity index (χ1) is 4.57. The lowest BCUT2D eigenvalue weighted by atomic mass is 9.95. The SMILES string of the molecule is CC1=CN=NC1(C)C(N)=O. The monoisotopic (exact) mass is 139 g/mol. The fourth-order valence-electron chi connectivity index (χ4n) is 0.679. The molecule has 1 atom stereocenters. The number of hydrogen-bond acceptors (Lipinski definition) is 3. The van der Waals surface area contributed by atoms with Crippen LogP contribution in [-0.2, 0) is 4.79 Å². The van der Waals surface area contributed by atoms with Crippen LogP contribution in [0.15, 0.2) is 22.0 Å². The Morgan fingerprint density at radius 2 is 2.40 bits per heavy atom. The molecule has 0 bridgehead atoms. The minimum Gasteiger partial charge on any atom is -0.367 e. The zero-order chi connectivity index (χ0) is 7.78. The Bertz CT molecular complexity index is 231. The summed E-state index contributed by atoms with van der Waals surface area (Å²) in [4.78, 5) is 10.8. The first kappa shape index (κ1) is 6.92. The third kappa shape index (κ3) is 0.725. The molecule has 1 heterocycles. The van der Waals surface area contributed by atoms with Gasteiger partial charge in [-0.15, -0.1) is 0 Å². The van der Waals surface area contributed by atoms with Crippen molar-refractivity contribution in [2.45, 2.75) is 19.4 Å². The van der Waals surface area contributed by atoms with Crippen LogP contribution in [0.1, 0.15) is 13.8 Å². The summed E-state index contributed by atoms with van der Waals surface area (Å²) >= 11 is 0. The van der Waals surface area contributed by atoms with Crippen LogP contribution in [0.2, 0.25) is 0 Å². The van der Waals surface area contributed by atoms with Gasteiger partial charge in [-0.3, -0.25) is 4.79 Å². The van der Waals surface area contributed by atoms with Gasteiger partial charge in [0, 0.05) is 0 Å². The van der Waals surface area contributed by atoms with Crippen molar-refractivity contribution in [2.24, 2.45) is 16.0 Å². The minimum atomic E-state index is -0.889. The number of primary amides is 1. The highest BCUT2D eigenvalue weighted by Gasteiger charge is 2.35. The molecule has 2 N–H and O–H groups in total. The van der Waals surface area contributed by atoms with Gasteiger partial charge in [-0.1, -0.05) is 0 Å². The Balaban J connectivity index is 3.00. The summed E-state index contributed by atoms with van der Waals surface area (Å²) in [6.45, 7) is 3.43. The smallest absolute Gasteiger partial charge is 0.251 e. The van der Waals surface area contributed by atoms with Crippen molar-refractivity contribution in [3.05, 3.63) is 11.8 Å². The van der Waals surface area contributed by atoms with E-state index in [-0.39, 0.29) is 0 Å². The van der Waals surface area contributed by atoms with Crippen LogP contribution in [-0.4, -0.2) is 11.4 Å². The van der Waals surface area contributed by atoms with Gasteiger partial charge in [-0.25, -0.2) is 0 Å². The minimum absolute atomic E-state index is 0.456. The van der Waals surface area contributed by atoms with E-state index >= 15 is 0 Å². The number of nitrogens with zero attached hydrogens (tertiary/aromatic N) is 2. The molecule has 0 saturated heterocycles. The Morgan fingerprint density at radius 1 is 1.80 bits per heavy atom. The summed E-state index contributed by atoms with van der Waals surface area (Å²) in [6.07, 6.45) is 1.55. The van der Waals surface area contributed by atoms with E-state index in [4.69, 9.17) is 5.73 Å². The van der Waals surface area contributed by atoms with E-state index in [9.17, 15) is 4.79 Å². The van der Waals surface area contributed by atoms with Gasteiger partial charge in [0.2, 0.25) is 0 Å². The molecule has 1 aliphatic rings. The van der Waals surface area contributed by atoms with Gasteiger partial charge in [0.25, 0.3) is 5.91 Å². The largest absolute Gasteiger partial charge is 0.367 e. The van der Waals surface area contributed by atoms with Crippen LogP contribution in [0.3, 0.4) is 0 Å². The van der Waals surface area contributed by atoms with Gasteiger partial charge in [0.05, 0.1) is 6.20 Å². The number of hydrogen-bond donors (Lipinski definition) is 1. The van der Waals surface area contributed by atoms with E-state index in [0.29, 0.717) is 0 Å². The fourth-order valence-corrected chi connectivity index (χ4v) is 0.679. The molecular weight excluding hydrogens is 130 g/mol. The Labute approximate surface area is 58.8 Å². The summed E-state index contributed by atoms with van der Waals surface area (Å²) in [5.41, 5.74) is 4.99. The van der Waals surface area contributed by atoms with Gasteiger partial charge >= 0.3 is 0 Å². The first-order valence-corrected chi connectivity index (χ1v) is 2.96. The Hall–Kier alpha value is -1.19. The van der Waals surface area contributed by atoms with Gasteiger partial charge < -0.3 is 5.73 Å². The van der Waals surface area contributed by atoms with Crippen molar-refractivity contribution in [3.8, 4) is 0 Å². The molecule has 0 aromatic heterocycles. The summed E-state index contributed by atoms with van der Waals surface area (Å²) in [5, 5.41) is 7.31. The Kier molecular flexibility index (Phi) is 1.31. The van der Waals surface area contributed by atoms with Crippen molar-refractivity contribution in [2.75, 3.05) is 0 Å². The van der Waals surface area contributed by atoms with E-state index < -0.39 is 11.4 Å². The predicted octanol–water partition coefficient (Wildman–Crippen LogP) is 0.600. The lowest BCUT2D eigenvalue weighted by molar-refractivity contribution is -0.121. The second-order valence-corrected chi connectivity index (χ2v) is 2.46. The van der Waals surface area contributed by atoms with Crippen LogP contribution in [0, 0.1) is 0 Å². The van der Waals surface area contributed by atoms with Crippen molar-refractivity contribution in [1.82, 2.24) is 0 Å². The van der Waals surface area contributed by atoms with Crippen LogP contribution in [0.5, 0.6) is 0 Å². The van der Waals surface area contributed by atoms with Crippen LogP contribution >= 0.6 is 0 Å². The van der Waals surface area contributed by atoms with Gasteiger partial charge in [-0.2, -0.15) is 10.2 Å². The average molecular weight is 139 g/mol. The second kappa shape index (κ2) is 1.90. The molecule has 0 fully saturated rings. The molecule has 1 unspecified atom stereocenters. The number of carbonyl (C=O) groups excluding carboxylic acids is 1. The number of amides is 1. The summed E-state index contributed by atoms with van der Waals surface area (Å²) < 4.78 is 0. The van der Waals surface area contributed by atoms with Gasteiger partial charge in [0.1, 0.15) is 0 Å². The molecule has 0 aromatic carbocycles. The molecule has 4 heteroatoms. The van der Waals surface area contributed by atoms with Crippen LogP contribution in [0.4, 0.5) is 0 Å². The van der Waals surface area contributed by atoms with E-state index in [0.717, 1.165) is 5.57 Å². The van der Waals surface area contributed by atoms with E-state index in [1.807, 2.05) is 0 Å². The zero-order valence-corrected chi connectivity index (χ0v) is 5.96. The molecule has 1 rings (SSSR count). The molecule has 0 aromatic rings. The van der Waals surface area contributed by atoms with E-state index in [2.05, 4.69) is 10.2 Å². The molecule has 4 nitrogen and oxygen atoms in total. The molecule has 10 heavy (non-hydrogen) atoms. The lowest BCUT2D eigenvalue weighted by Crippen LogP contribution is -2.38. The van der Waals surface area contributed by atoms with Crippen molar-refractivity contribution in [3.63, 3.8) is 0 Å². The molecule has 0 saturated carbocycles. The second-order valence-electron chi connectivity index (χ2n) is 2.46. The molecule has 0 spiro atoms. The standard InChI is InChI=1S/C6H9N3O/c1-4-3-8-9-6(4,2)5(7)10/h3H,1-2H3,(H2,7,10). The maximum atomic E-state index is 10.8. The third-order valence-corrected chi connectivity index (χ3v) is 1.76. The third-order valence-electron chi connectivity index (χ3n) is 1.76. The number of carbonyl (C=O) groups is 1. The average Bonchev–Trinajstić information content (AvgIpc) is 2.15. The highest BCUT2D eigenvalue weighted by molar-refractivity contribution is 5.88. The summed E-state index contributed by atoms with van der Waals surface area (Å²) in [7, 11) is 0. The van der Waals surface area contributed by atoms with Crippen molar-refractivity contribution < 1.29 is 4.79 Å². The zero-order valence-electron chi connectivity index (χ0n) is 5.96. The summed E-state index contributed by atoms with van der Waals surface area (Å²) in [5.74, 6) is -0.456. The fraction of sp³-hybridized carbons (Fsp3) is 0.500. The van der Waals surface area contributed by atoms with Crippen molar-refractivity contribution >= 4 is 5.91 Å². The number of rotatable bonds is 1. The molecule has 54 valence electrons. The lowest BCUT2D eigenvalue weighted by Gasteiger charge is -2.15.